The third kappa shape index (κ3) is 4.70. The first kappa shape index (κ1) is 21.7. The van der Waals surface area contributed by atoms with Crippen LogP contribution in [0.25, 0.3) is 0 Å². The van der Waals surface area contributed by atoms with Crippen LogP contribution in [0.4, 0.5) is 6.01 Å². The highest BCUT2D eigenvalue weighted by molar-refractivity contribution is 7.91. The molecule has 1 unspecified atom stereocenters. The standard InChI is InChI=1S/C21H24N4O4S2/c1-14(2)16-9-7-15(8-10-16)13-18-23-24-21(29-18)22-20(26)17-5-3-11-25(17)31(27,28)19-6-4-12-30-19/h4,6-10,12,14,17H,3,5,11,13H2,1-2H3,(H,22,24,26). The van der Waals surface area contributed by atoms with Gasteiger partial charge < -0.3 is 4.42 Å². The van der Waals surface area contributed by atoms with Crippen LogP contribution in [0.5, 0.6) is 0 Å². The van der Waals surface area contributed by atoms with Crippen molar-refractivity contribution in [2.75, 3.05) is 11.9 Å². The fourth-order valence-electron chi connectivity index (χ4n) is 3.57. The maximum absolute atomic E-state index is 12.8. The van der Waals surface area contributed by atoms with E-state index in [1.807, 2.05) is 12.1 Å². The van der Waals surface area contributed by atoms with Gasteiger partial charge in [0, 0.05) is 6.54 Å². The highest BCUT2D eigenvalue weighted by atomic mass is 32.2. The third-order valence-electron chi connectivity index (χ3n) is 5.26. The van der Waals surface area contributed by atoms with Crippen LogP contribution in [-0.2, 0) is 21.2 Å². The molecule has 1 aliphatic rings. The second-order valence-electron chi connectivity index (χ2n) is 7.77. The Balaban J connectivity index is 1.41. The van der Waals surface area contributed by atoms with Crippen LogP contribution in [0, 0.1) is 0 Å². The number of nitrogens with one attached hydrogen (secondary N) is 1. The Labute approximate surface area is 185 Å². The molecule has 31 heavy (non-hydrogen) atoms. The fraction of sp³-hybridized carbons (Fsp3) is 0.381. The molecular formula is C21H24N4O4S2. The molecule has 10 heteroatoms. The Morgan fingerprint density at radius 3 is 2.71 bits per heavy atom. The number of carbonyl (C=O) groups is 1. The molecule has 1 amide bonds. The first-order chi connectivity index (χ1) is 14.8. The second kappa shape index (κ2) is 8.89. The molecule has 2 aromatic heterocycles. The largest absolute Gasteiger partial charge is 0.407 e. The van der Waals surface area contributed by atoms with E-state index in [2.05, 4.69) is 41.5 Å². The number of hydrogen-bond donors (Lipinski definition) is 1. The summed E-state index contributed by atoms with van der Waals surface area (Å²) >= 11 is 1.14. The number of rotatable bonds is 7. The summed E-state index contributed by atoms with van der Waals surface area (Å²) < 4.78 is 32.7. The van der Waals surface area contributed by atoms with Crippen molar-refractivity contribution in [1.29, 1.82) is 0 Å². The molecule has 8 nitrogen and oxygen atoms in total. The van der Waals surface area contributed by atoms with Crippen LogP contribution < -0.4 is 5.32 Å². The van der Waals surface area contributed by atoms with Crippen molar-refractivity contribution in [2.24, 2.45) is 0 Å². The zero-order valence-electron chi connectivity index (χ0n) is 17.3. The monoisotopic (exact) mass is 460 g/mol. The van der Waals surface area contributed by atoms with Crippen molar-refractivity contribution in [1.82, 2.24) is 14.5 Å². The van der Waals surface area contributed by atoms with Crippen LogP contribution in [-0.4, -0.2) is 41.4 Å². The Hall–Kier alpha value is -2.56. The van der Waals surface area contributed by atoms with E-state index in [0.29, 0.717) is 37.6 Å². The van der Waals surface area contributed by atoms with Crippen molar-refractivity contribution in [2.45, 2.75) is 49.3 Å². The van der Waals surface area contributed by atoms with Gasteiger partial charge in [0.15, 0.2) is 0 Å². The van der Waals surface area contributed by atoms with E-state index in [9.17, 15) is 13.2 Å². The molecule has 1 saturated heterocycles. The molecule has 1 aromatic carbocycles. The van der Waals surface area contributed by atoms with Crippen molar-refractivity contribution in [3.8, 4) is 0 Å². The van der Waals surface area contributed by atoms with Crippen LogP contribution in [0.2, 0.25) is 0 Å². The quantitative estimate of drug-likeness (QED) is 0.577. The molecule has 0 aliphatic carbocycles. The van der Waals surface area contributed by atoms with E-state index in [4.69, 9.17) is 4.42 Å². The van der Waals surface area contributed by atoms with Gasteiger partial charge in [-0.2, -0.15) is 4.31 Å². The fourth-order valence-corrected chi connectivity index (χ4v) is 6.35. The van der Waals surface area contributed by atoms with E-state index >= 15 is 0 Å². The molecule has 1 N–H and O–H groups in total. The predicted molar refractivity (Wildman–Crippen MR) is 117 cm³/mol. The van der Waals surface area contributed by atoms with Gasteiger partial charge >= 0.3 is 6.01 Å². The van der Waals surface area contributed by atoms with Gasteiger partial charge in [-0.25, -0.2) is 8.42 Å². The summed E-state index contributed by atoms with van der Waals surface area (Å²) in [6, 6.07) is 10.6. The lowest BCUT2D eigenvalue weighted by atomic mass is 10.0. The van der Waals surface area contributed by atoms with Gasteiger partial charge in [0.25, 0.3) is 10.0 Å². The Morgan fingerprint density at radius 2 is 2.03 bits per heavy atom. The number of nitrogens with zero attached hydrogens (tertiary/aromatic N) is 3. The summed E-state index contributed by atoms with van der Waals surface area (Å²) in [5.41, 5.74) is 2.27. The van der Waals surface area contributed by atoms with Crippen LogP contribution in [0.3, 0.4) is 0 Å². The van der Waals surface area contributed by atoms with Crippen molar-refractivity contribution in [3.05, 3.63) is 58.8 Å². The summed E-state index contributed by atoms with van der Waals surface area (Å²) in [7, 11) is -3.70. The molecule has 0 bridgehead atoms. The number of benzene rings is 1. The molecule has 0 spiro atoms. The average Bonchev–Trinajstić information content (AvgIpc) is 3.50. The molecule has 3 heterocycles. The van der Waals surface area contributed by atoms with Crippen molar-refractivity contribution >= 4 is 33.3 Å². The van der Waals surface area contributed by atoms with Gasteiger partial charge in [-0.15, -0.1) is 16.4 Å². The lowest BCUT2D eigenvalue weighted by Gasteiger charge is -2.21. The minimum absolute atomic E-state index is 0.0285. The Kier molecular flexibility index (Phi) is 6.22. The van der Waals surface area contributed by atoms with Gasteiger partial charge in [-0.3, -0.25) is 10.1 Å². The molecule has 1 fully saturated rings. The number of carbonyl (C=O) groups excluding carboxylic acids is 1. The average molecular weight is 461 g/mol. The van der Waals surface area contributed by atoms with E-state index in [-0.39, 0.29) is 10.2 Å². The van der Waals surface area contributed by atoms with E-state index < -0.39 is 22.0 Å². The van der Waals surface area contributed by atoms with Crippen molar-refractivity contribution in [3.63, 3.8) is 0 Å². The summed E-state index contributed by atoms with van der Waals surface area (Å²) in [6.07, 6.45) is 1.51. The Bertz CT molecular complexity index is 1140. The van der Waals surface area contributed by atoms with Gasteiger partial charge in [-0.05, 0) is 41.3 Å². The first-order valence-electron chi connectivity index (χ1n) is 10.1. The molecule has 4 rings (SSSR count). The molecule has 0 saturated carbocycles. The number of aromatic nitrogens is 2. The normalized spacial score (nSPS) is 17.3. The van der Waals surface area contributed by atoms with E-state index in [1.54, 1.807) is 17.5 Å². The first-order valence-corrected chi connectivity index (χ1v) is 12.4. The SMILES string of the molecule is CC(C)c1ccc(Cc2nnc(NC(=O)C3CCCN3S(=O)(=O)c3cccs3)o2)cc1. The van der Waals surface area contributed by atoms with Gasteiger partial charge in [-0.1, -0.05) is 49.3 Å². The maximum Gasteiger partial charge on any atom is 0.322 e. The zero-order valence-corrected chi connectivity index (χ0v) is 18.9. The second-order valence-corrected chi connectivity index (χ2v) is 10.8. The maximum atomic E-state index is 12.8. The third-order valence-corrected chi connectivity index (χ3v) is 8.54. The molecule has 1 aliphatic heterocycles. The summed E-state index contributed by atoms with van der Waals surface area (Å²) in [5, 5.41) is 12.2. The van der Waals surface area contributed by atoms with Crippen LogP contribution in [0.15, 0.2) is 50.4 Å². The lowest BCUT2D eigenvalue weighted by Crippen LogP contribution is -2.42. The minimum Gasteiger partial charge on any atom is -0.407 e. The molecule has 1 atom stereocenters. The Morgan fingerprint density at radius 1 is 1.26 bits per heavy atom. The summed E-state index contributed by atoms with van der Waals surface area (Å²) in [5.74, 6) is 0.370. The van der Waals surface area contributed by atoms with E-state index in [0.717, 1.165) is 16.9 Å². The topological polar surface area (TPSA) is 105 Å². The highest BCUT2D eigenvalue weighted by Gasteiger charge is 2.40. The van der Waals surface area contributed by atoms with Crippen molar-refractivity contribution < 1.29 is 17.6 Å². The number of amides is 1. The van der Waals surface area contributed by atoms with Gasteiger partial charge in [0.1, 0.15) is 10.3 Å². The number of hydrogen-bond acceptors (Lipinski definition) is 7. The molecule has 0 radical (unpaired) electrons. The van der Waals surface area contributed by atoms with Crippen LogP contribution in [0.1, 0.15) is 49.6 Å². The van der Waals surface area contributed by atoms with Crippen LogP contribution >= 0.6 is 11.3 Å². The molecule has 164 valence electrons. The number of thiophene rings is 1. The predicted octanol–water partition coefficient (Wildman–Crippen LogP) is 3.64. The number of sulfonamides is 1. The highest BCUT2D eigenvalue weighted by Crippen LogP contribution is 2.29. The zero-order chi connectivity index (χ0) is 22.0. The summed E-state index contributed by atoms with van der Waals surface area (Å²) in [4.78, 5) is 12.8. The lowest BCUT2D eigenvalue weighted by molar-refractivity contribution is -0.119. The minimum atomic E-state index is -3.70. The van der Waals surface area contributed by atoms with Gasteiger partial charge in [0.2, 0.25) is 11.8 Å². The summed E-state index contributed by atoms with van der Waals surface area (Å²) in [6.45, 7) is 4.58. The smallest absolute Gasteiger partial charge is 0.322 e. The van der Waals surface area contributed by atoms with E-state index in [1.165, 1.54) is 9.87 Å². The molecular weight excluding hydrogens is 436 g/mol. The molecule has 3 aromatic rings. The number of anilines is 1. The van der Waals surface area contributed by atoms with Gasteiger partial charge in [0.05, 0.1) is 6.42 Å².